The maximum absolute atomic E-state index is 12.4. The van der Waals surface area contributed by atoms with Crippen LogP contribution in [0.4, 0.5) is 11.1 Å². The first kappa shape index (κ1) is 14.5. The van der Waals surface area contributed by atoms with Gasteiger partial charge in [-0.15, -0.1) is 11.3 Å². The highest BCUT2D eigenvalue weighted by Crippen LogP contribution is 2.35. The van der Waals surface area contributed by atoms with Crippen molar-refractivity contribution in [3.8, 4) is 0 Å². The van der Waals surface area contributed by atoms with Gasteiger partial charge in [0.1, 0.15) is 6.10 Å². The molecule has 23 heavy (non-hydrogen) atoms. The highest BCUT2D eigenvalue weighted by Gasteiger charge is 2.46. The van der Waals surface area contributed by atoms with Crippen molar-refractivity contribution >= 4 is 28.3 Å². The number of carbonyl (C=O) groups excluding carboxylic acids is 1. The van der Waals surface area contributed by atoms with Crippen LogP contribution in [0.15, 0.2) is 23.8 Å². The molecule has 0 spiro atoms. The van der Waals surface area contributed by atoms with E-state index >= 15 is 0 Å². The monoisotopic (exact) mass is 331 g/mol. The molecule has 1 N–H and O–H groups in total. The van der Waals surface area contributed by atoms with Crippen LogP contribution in [-0.2, 0) is 9.53 Å². The van der Waals surface area contributed by atoms with Gasteiger partial charge in [-0.3, -0.25) is 10.1 Å². The Morgan fingerprint density at radius 1 is 1.43 bits per heavy atom. The number of hydrogen-bond acceptors (Lipinski definition) is 7. The average Bonchev–Trinajstić information content (AvgIpc) is 3.23. The van der Waals surface area contributed by atoms with E-state index in [0.29, 0.717) is 17.5 Å². The van der Waals surface area contributed by atoms with Crippen LogP contribution in [0.3, 0.4) is 0 Å². The SMILES string of the molecule is Cc1csc(NC(=O)[C@@H]2C[C@H]3[C@H](CCN3c3ncccn3)O2)n1. The fourth-order valence-corrected chi connectivity index (χ4v) is 3.89. The van der Waals surface area contributed by atoms with Crippen LogP contribution in [-0.4, -0.2) is 45.7 Å². The minimum Gasteiger partial charge on any atom is -0.363 e. The molecule has 2 aromatic rings. The Morgan fingerprint density at radius 2 is 2.26 bits per heavy atom. The molecule has 0 unspecified atom stereocenters. The number of amides is 1. The van der Waals surface area contributed by atoms with E-state index in [1.54, 1.807) is 18.5 Å². The quantitative estimate of drug-likeness (QED) is 0.920. The van der Waals surface area contributed by atoms with Crippen molar-refractivity contribution in [1.82, 2.24) is 15.0 Å². The summed E-state index contributed by atoms with van der Waals surface area (Å²) in [4.78, 5) is 27.4. The number of aryl methyl sites for hydroxylation is 1. The molecule has 4 rings (SSSR count). The molecule has 4 heterocycles. The van der Waals surface area contributed by atoms with E-state index in [4.69, 9.17) is 4.74 Å². The largest absolute Gasteiger partial charge is 0.363 e. The Balaban J connectivity index is 1.43. The van der Waals surface area contributed by atoms with Crippen LogP contribution in [0, 0.1) is 6.92 Å². The summed E-state index contributed by atoms with van der Waals surface area (Å²) in [5, 5.41) is 5.37. The minimum absolute atomic E-state index is 0.0626. The first-order valence-electron chi connectivity index (χ1n) is 7.63. The Hall–Kier alpha value is -2.06. The molecule has 0 saturated carbocycles. The van der Waals surface area contributed by atoms with Gasteiger partial charge >= 0.3 is 0 Å². The second kappa shape index (κ2) is 5.86. The van der Waals surface area contributed by atoms with Gasteiger partial charge in [0, 0.05) is 30.7 Å². The van der Waals surface area contributed by atoms with Crippen LogP contribution >= 0.6 is 11.3 Å². The second-order valence-corrected chi connectivity index (χ2v) is 6.64. The predicted octanol–water partition coefficient (Wildman–Crippen LogP) is 1.62. The number of fused-ring (bicyclic) bond motifs is 1. The van der Waals surface area contributed by atoms with E-state index < -0.39 is 6.10 Å². The molecule has 0 aromatic carbocycles. The molecular formula is C15H17N5O2S. The van der Waals surface area contributed by atoms with Crippen LogP contribution in [0.5, 0.6) is 0 Å². The van der Waals surface area contributed by atoms with Crippen molar-refractivity contribution in [1.29, 1.82) is 0 Å². The van der Waals surface area contributed by atoms with Crippen LogP contribution in [0.25, 0.3) is 0 Å². The topological polar surface area (TPSA) is 80.2 Å². The lowest BCUT2D eigenvalue weighted by molar-refractivity contribution is -0.126. The standard InChI is InChI=1S/C15H17N5O2S/c1-9-8-23-15(18-9)19-13(21)12-7-10-11(22-12)3-6-20(10)14-16-4-2-5-17-14/h2,4-5,8,10-12H,3,6-7H2,1H3,(H,18,19,21)/t10-,11-,12-/m0/s1. The van der Waals surface area contributed by atoms with Crippen molar-refractivity contribution in [2.75, 3.05) is 16.8 Å². The zero-order chi connectivity index (χ0) is 15.8. The number of ether oxygens (including phenoxy) is 1. The van der Waals surface area contributed by atoms with Crippen LogP contribution < -0.4 is 10.2 Å². The van der Waals surface area contributed by atoms with E-state index in [-0.39, 0.29) is 18.1 Å². The molecule has 1 amide bonds. The van der Waals surface area contributed by atoms with Gasteiger partial charge in [-0.25, -0.2) is 15.0 Å². The highest BCUT2D eigenvalue weighted by molar-refractivity contribution is 7.13. The molecular weight excluding hydrogens is 314 g/mol. The fraction of sp³-hybridized carbons (Fsp3) is 0.467. The van der Waals surface area contributed by atoms with E-state index in [1.807, 2.05) is 12.3 Å². The van der Waals surface area contributed by atoms with Gasteiger partial charge in [0.2, 0.25) is 5.95 Å². The summed E-state index contributed by atoms with van der Waals surface area (Å²) in [5.41, 5.74) is 0.905. The molecule has 2 saturated heterocycles. The average molecular weight is 331 g/mol. The lowest BCUT2D eigenvalue weighted by Crippen LogP contribution is -2.34. The number of aromatic nitrogens is 3. The van der Waals surface area contributed by atoms with Gasteiger partial charge < -0.3 is 9.64 Å². The molecule has 0 radical (unpaired) electrons. The highest BCUT2D eigenvalue weighted by atomic mass is 32.1. The van der Waals surface area contributed by atoms with E-state index in [9.17, 15) is 4.79 Å². The van der Waals surface area contributed by atoms with Gasteiger partial charge in [-0.05, 0) is 19.4 Å². The molecule has 0 aliphatic carbocycles. The van der Waals surface area contributed by atoms with E-state index in [0.717, 1.165) is 18.7 Å². The van der Waals surface area contributed by atoms with Gasteiger partial charge in [0.25, 0.3) is 5.91 Å². The Bertz CT molecular complexity index is 707. The third kappa shape index (κ3) is 2.79. The summed E-state index contributed by atoms with van der Waals surface area (Å²) in [6, 6.07) is 1.96. The zero-order valence-electron chi connectivity index (χ0n) is 12.7. The number of rotatable bonds is 3. The smallest absolute Gasteiger partial charge is 0.255 e. The van der Waals surface area contributed by atoms with E-state index in [1.165, 1.54) is 11.3 Å². The fourth-order valence-electron chi connectivity index (χ4n) is 3.20. The summed E-state index contributed by atoms with van der Waals surface area (Å²) in [7, 11) is 0. The maximum Gasteiger partial charge on any atom is 0.255 e. The first-order chi connectivity index (χ1) is 11.2. The number of thiazole rings is 1. The van der Waals surface area contributed by atoms with Gasteiger partial charge in [0.15, 0.2) is 5.13 Å². The summed E-state index contributed by atoms with van der Waals surface area (Å²) < 4.78 is 5.95. The number of nitrogens with one attached hydrogen (secondary N) is 1. The normalized spacial score (nSPS) is 26.3. The van der Waals surface area contributed by atoms with Gasteiger partial charge in [-0.1, -0.05) is 0 Å². The Labute approximate surface area is 137 Å². The first-order valence-corrected chi connectivity index (χ1v) is 8.51. The van der Waals surface area contributed by atoms with Crippen molar-refractivity contribution in [3.05, 3.63) is 29.5 Å². The van der Waals surface area contributed by atoms with Crippen molar-refractivity contribution in [2.24, 2.45) is 0 Å². The number of hydrogen-bond donors (Lipinski definition) is 1. The summed E-state index contributed by atoms with van der Waals surface area (Å²) >= 11 is 1.43. The molecule has 3 atom stereocenters. The molecule has 2 aromatic heterocycles. The molecule has 2 aliphatic heterocycles. The predicted molar refractivity (Wildman–Crippen MR) is 86.5 cm³/mol. The van der Waals surface area contributed by atoms with Gasteiger partial charge in [0.05, 0.1) is 17.8 Å². The number of nitrogens with zero attached hydrogens (tertiary/aromatic N) is 4. The maximum atomic E-state index is 12.4. The van der Waals surface area contributed by atoms with E-state index in [2.05, 4.69) is 25.2 Å². The third-order valence-electron chi connectivity index (χ3n) is 4.23. The molecule has 2 fully saturated rings. The lowest BCUT2D eigenvalue weighted by Gasteiger charge is -2.22. The number of carbonyl (C=O) groups is 1. The summed E-state index contributed by atoms with van der Waals surface area (Å²) in [5.74, 6) is 0.586. The third-order valence-corrected chi connectivity index (χ3v) is 5.10. The van der Waals surface area contributed by atoms with Gasteiger partial charge in [-0.2, -0.15) is 0 Å². The molecule has 2 aliphatic rings. The molecule has 8 heteroatoms. The summed E-state index contributed by atoms with van der Waals surface area (Å²) in [6.45, 7) is 2.76. The van der Waals surface area contributed by atoms with Crippen LogP contribution in [0.2, 0.25) is 0 Å². The second-order valence-electron chi connectivity index (χ2n) is 5.78. The van der Waals surface area contributed by atoms with Crippen LogP contribution in [0.1, 0.15) is 18.5 Å². The summed E-state index contributed by atoms with van der Waals surface area (Å²) in [6.07, 6.45) is 4.64. The molecule has 7 nitrogen and oxygen atoms in total. The molecule has 120 valence electrons. The lowest BCUT2D eigenvalue weighted by atomic mass is 10.1. The van der Waals surface area contributed by atoms with Crippen molar-refractivity contribution < 1.29 is 9.53 Å². The Morgan fingerprint density at radius 3 is 3.00 bits per heavy atom. The zero-order valence-corrected chi connectivity index (χ0v) is 13.5. The van der Waals surface area contributed by atoms with Crippen molar-refractivity contribution in [3.63, 3.8) is 0 Å². The van der Waals surface area contributed by atoms with Crippen molar-refractivity contribution in [2.45, 2.75) is 38.0 Å². The minimum atomic E-state index is -0.444. The Kier molecular flexibility index (Phi) is 3.70. The molecule has 0 bridgehead atoms. The number of anilines is 2.